The van der Waals surface area contributed by atoms with Gasteiger partial charge in [-0.25, -0.2) is 0 Å². The first kappa shape index (κ1) is 15.6. The maximum absolute atomic E-state index is 13.1. The molecule has 1 amide bonds. The smallest absolute Gasteiger partial charge is 0.259 e. The molecular formula is C16H19N7O2. The molecule has 0 unspecified atom stereocenters. The summed E-state index contributed by atoms with van der Waals surface area (Å²) in [7, 11) is 3.48. The van der Waals surface area contributed by atoms with Gasteiger partial charge in [0.25, 0.3) is 5.91 Å². The van der Waals surface area contributed by atoms with Crippen LogP contribution in [0, 0.1) is 0 Å². The van der Waals surface area contributed by atoms with Crippen LogP contribution < -0.4 is 0 Å². The van der Waals surface area contributed by atoms with Crippen molar-refractivity contribution in [1.82, 2.24) is 34.7 Å². The van der Waals surface area contributed by atoms with Crippen molar-refractivity contribution in [2.75, 3.05) is 20.2 Å². The van der Waals surface area contributed by atoms with Gasteiger partial charge in [0.15, 0.2) is 0 Å². The van der Waals surface area contributed by atoms with Crippen LogP contribution in [-0.2, 0) is 11.8 Å². The highest BCUT2D eigenvalue weighted by Gasteiger charge is 2.39. The van der Waals surface area contributed by atoms with Crippen LogP contribution in [0.2, 0.25) is 0 Å². The number of hydrogen-bond donors (Lipinski definition) is 1. The molecule has 0 radical (unpaired) electrons. The summed E-state index contributed by atoms with van der Waals surface area (Å²) in [6, 6.07) is 3.83. The van der Waals surface area contributed by atoms with Crippen LogP contribution in [0.3, 0.4) is 0 Å². The van der Waals surface area contributed by atoms with Gasteiger partial charge in [-0.3, -0.25) is 9.48 Å². The van der Waals surface area contributed by atoms with Gasteiger partial charge in [-0.1, -0.05) is 0 Å². The summed E-state index contributed by atoms with van der Waals surface area (Å²) in [5.74, 6) is 0.679. The number of ether oxygens (including phenoxy) is 1. The van der Waals surface area contributed by atoms with Gasteiger partial charge in [0.2, 0.25) is 0 Å². The fourth-order valence-corrected chi connectivity index (χ4v) is 3.39. The largest absolute Gasteiger partial charge is 0.379 e. The van der Waals surface area contributed by atoms with E-state index in [1.807, 2.05) is 36.1 Å². The standard InChI is InChI=1S/C16H19N7O2/c1-21-15(22-5-3-4-6-22)11(7-18-21)16(24)23-9-12(14(10-23)25-2)13-8-17-20-19-13/h3-8,12,14H,9-10H2,1-2H3,(H,17,19,20)/t12-,14+/m0/s1. The number of rotatable bonds is 4. The molecule has 3 aromatic rings. The normalized spacial score (nSPS) is 20.3. The Labute approximate surface area is 144 Å². The molecule has 2 atom stereocenters. The zero-order valence-electron chi connectivity index (χ0n) is 14.0. The molecule has 0 aromatic carbocycles. The molecule has 1 aliphatic heterocycles. The number of nitrogens with one attached hydrogen (secondary N) is 1. The van der Waals surface area contributed by atoms with Crippen LogP contribution >= 0.6 is 0 Å². The number of H-pyrrole nitrogens is 1. The highest BCUT2D eigenvalue weighted by Crippen LogP contribution is 2.29. The molecule has 0 aliphatic carbocycles. The van der Waals surface area contributed by atoms with Gasteiger partial charge in [-0.15, -0.1) is 0 Å². The first-order chi connectivity index (χ1) is 12.2. The number of aryl methyl sites for hydroxylation is 1. The molecule has 4 heterocycles. The van der Waals surface area contributed by atoms with Gasteiger partial charge in [-0.05, 0) is 12.1 Å². The Morgan fingerprint density at radius 2 is 2.08 bits per heavy atom. The molecule has 9 nitrogen and oxygen atoms in total. The van der Waals surface area contributed by atoms with E-state index in [9.17, 15) is 4.79 Å². The molecule has 0 saturated carbocycles. The second-order valence-corrected chi connectivity index (χ2v) is 6.08. The topological polar surface area (TPSA) is 93.9 Å². The second kappa shape index (κ2) is 6.17. The summed E-state index contributed by atoms with van der Waals surface area (Å²) in [5.41, 5.74) is 1.37. The van der Waals surface area contributed by atoms with Gasteiger partial charge in [0, 0.05) is 39.6 Å². The molecule has 130 valence electrons. The van der Waals surface area contributed by atoms with Crippen molar-refractivity contribution in [2.24, 2.45) is 7.05 Å². The third kappa shape index (κ3) is 2.62. The Hall–Kier alpha value is -2.94. The summed E-state index contributed by atoms with van der Waals surface area (Å²) in [6.07, 6.45) is 6.98. The quantitative estimate of drug-likeness (QED) is 0.749. The van der Waals surface area contributed by atoms with Gasteiger partial charge < -0.3 is 14.2 Å². The lowest BCUT2D eigenvalue weighted by Gasteiger charge is -2.16. The van der Waals surface area contributed by atoms with Crippen molar-refractivity contribution in [3.63, 3.8) is 0 Å². The van der Waals surface area contributed by atoms with Crippen LogP contribution in [-0.4, -0.2) is 66.9 Å². The van der Waals surface area contributed by atoms with E-state index in [0.29, 0.717) is 18.7 Å². The summed E-state index contributed by atoms with van der Waals surface area (Å²) in [4.78, 5) is 14.9. The summed E-state index contributed by atoms with van der Waals surface area (Å²) in [5, 5.41) is 14.9. The Morgan fingerprint density at radius 1 is 1.28 bits per heavy atom. The predicted molar refractivity (Wildman–Crippen MR) is 88.4 cm³/mol. The van der Waals surface area contributed by atoms with Crippen LogP contribution in [0.25, 0.3) is 5.82 Å². The average molecular weight is 341 g/mol. The van der Waals surface area contributed by atoms with E-state index in [1.165, 1.54) is 0 Å². The summed E-state index contributed by atoms with van der Waals surface area (Å²) < 4.78 is 9.16. The lowest BCUT2D eigenvalue weighted by Crippen LogP contribution is -2.30. The highest BCUT2D eigenvalue weighted by atomic mass is 16.5. The molecule has 4 rings (SSSR count). The lowest BCUT2D eigenvalue weighted by molar-refractivity contribution is 0.0714. The van der Waals surface area contributed by atoms with E-state index in [1.54, 1.807) is 29.1 Å². The number of carbonyl (C=O) groups excluding carboxylic acids is 1. The third-order valence-electron chi connectivity index (χ3n) is 4.66. The minimum absolute atomic E-state index is 0.000556. The predicted octanol–water partition coefficient (Wildman–Crippen LogP) is 0.583. The fraction of sp³-hybridized carbons (Fsp3) is 0.375. The van der Waals surface area contributed by atoms with Gasteiger partial charge in [0.05, 0.1) is 30.1 Å². The van der Waals surface area contributed by atoms with Crippen LogP contribution in [0.4, 0.5) is 0 Å². The molecule has 1 saturated heterocycles. The zero-order chi connectivity index (χ0) is 17.4. The van der Waals surface area contributed by atoms with Crippen molar-refractivity contribution < 1.29 is 9.53 Å². The molecule has 25 heavy (non-hydrogen) atoms. The highest BCUT2D eigenvalue weighted by molar-refractivity contribution is 5.97. The number of amides is 1. The number of nitrogens with zero attached hydrogens (tertiary/aromatic N) is 6. The SMILES string of the molecule is CO[C@@H]1CN(C(=O)c2cnn(C)c2-n2cccc2)C[C@H]1c1cn[nH]n1. The molecule has 9 heteroatoms. The van der Waals surface area contributed by atoms with E-state index in [2.05, 4.69) is 20.5 Å². The number of hydrogen-bond acceptors (Lipinski definition) is 5. The van der Waals surface area contributed by atoms with Crippen molar-refractivity contribution >= 4 is 5.91 Å². The summed E-state index contributed by atoms with van der Waals surface area (Å²) in [6.45, 7) is 1.04. The average Bonchev–Trinajstić information content (AvgIpc) is 3.38. The first-order valence-corrected chi connectivity index (χ1v) is 8.02. The Bertz CT molecular complexity index is 853. The number of aromatic nitrogens is 6. The molecule has 1 fully saturated rings. The third-order valence-corrected chi connectivity index (χ3v) is 4.66. The van der Waals surface area contributed by atoms with E-state index in [4.69, 9.17) is 4.74 Å². The van der Waals surface area contributed by atoms with Crippen molar-refractivity contribution in [2.45, 2.75) is 12.0 Å². The number of methoxy groups -OCH3 is 1. The molecular weight excluding hydrogens is 322 g/mol. The Morgan fingerprint density at radius 3 is 2.76 bits per heavy atom. The molecule has 1 aliphatic rings. The van der Waals surface area contributed by atoms with E-state index in [-0.39, 0.29) is 17.9 Å². The fourth-order valence-electron chi connectivity index (χ4n) is 3.39. The van der Waals surface area contributed by atoms with Crippen LogP contribution in [0.5, 0.6) is 0 Å². The Kier molecular flexibility index (Phi) is 3.85. The minimum Gasteiger partial charge on any atom is -0.379 e. The maximum atomic E-state index is 13.1. The first-order valence-electron chi connectivity index (χ1n) is 8.02. The molecule has 0 bridgehead atoms. The van der Waals surface area contributed by atoms with E-state index < -0.39 is 0 Å². The van der Waals surface area contributed by atoms with Crippen LogP contribution in [0.15, 0.2) is 36.9 Å². The lowest BCUT2D eigenvalue weighted by atomic mass is 10.0. The maximum Gasteiger partial charge on any atom is 0.259 e. The number of likely N-dealkylation sites (tertiary alicyclic amines) is 1. The molecule has 0 spiro atoms. The molecule has 3 aromatic heterocycles. The minimum atomic E-state index is -0.110. The zero-order valence-corrected chi connectivity index (χ0v) is 14.0. The molecule has 1 N–H and O–H groups in total. The second-order valence-electron chi connectivity index (χ2n) is 6.08. The monoisotopic (exact) mass is 341 g/mol. The van der Waals surface area contributed by atoms with Gasteiger partial charge in [-0.2, -0.15) is 20.5 Å². The van der Waals surface area contributed by atoms with Crippen LogP contribution in [0.1, 0.15) is 22.0 Å². The van der Waals surface area contributed by atoms with E-state index in [0.717, 1.165) is 11.5 Å². The number of aromatic amines is 1. The van der Waals surface area contributed by atoms with Gasteiger partial charge in [0.1, 0.15) is 11.4 Å². The van der Waals surface area contributed by atoms with Crippen molar-refractivity contribution in [3.05, 3.63) is 48.2 Å². The van der Waals surface area contributed by atoms with E-state index >= 15 is 0 Å². The van der Waals surface area contributed by atoms with Crippen molar-refractivity contribution in [1.29, 1.82) is 0 Å². The number of carbonyl (C=O) groups is 1. The Balaban J connectivity index is 1.62. The van der Waals surface area contributed by atoms with Gasteiger partial charge >= 0.3 is 0 Å². The summed E-state index contributed by atoms with van der Waals surface area (Å²) >= 11 is 0. The van der Waals surface area contributed by atoms with Crippen molar-refractivity contribution in [3.8, 4) is 5.82 Å².